The van der Waals surface area contributed by atoms with E-state index < -0.39 is 11.7 Å². The summed E-state index contributed by atoms with van der Waals surface area (Å²) in [6.45, 7) is 6.69. The third-order valence-corrected chi connectivity index (χ3v) is 5.12. The number of aryl methyl sites for hydroxylation is 1. The number of rotatable bonds is 4. The first-order valence-electron chi connectivity index (χ1n) is 10.7. The second kappa shape index (κ2) is 10.9. The maximum atomic E-state index is 12.8. The molecule has 8 heteroatoms. The lowest BCUT2D eigenvalue weighted by atomic mass is 10.1. The van der Waals surface area contributed by atoms with Crippen LogP contribution in [0.15, 0.2) is 47.5 Å². The summed E-state index contributed by atoms with van der Waals surface area (Å²) in [5.41, 5.74) is 0.635. The molecule has 3 rings (SSSR count). The van der Waals surface area contributed by atoms with Crippen molar-refractivity contribution >= 4 is 11.8 Å². The Kier molecular flexibility index (Phi) is 7.98. The normalized spacial score (nSPS) is 15.2. The summed E-state index contributed by atoms with van der Waals surface area (Å²) in [5, 5.41) is 6.65. The van der Waals surface area contributed by atoms with E-state index in [1.807, 2.05) is 32.0 Å². The van der Waals surface area contributed by atoms with Gasteiger partial charge < -0.3 is 15.5 Å². The lowest BCUT2D eigenvalue weighted by Crippen LogP contribution is -2.49. The molecule has 170 valence electrons. The number of piperidine rings is 1. The van der Waals surface area contributed by atoms with Gasteiger partial charge in [0.1, 0.15) is 12.4 Å². The standard InChI is InChI=1S/C24H28F3N5/c1-3-28-23(29-14-6-9-19-8-5-10-20(17-19)24(25,26)27)31-21-12-15-32(16-13-21)22-11-4-7-18(2)30-22/h4-5,7-8,10-11,17,21H,3,12-16H2,1-2H3,(H2,28,29,31). The smallest absolute Gasteiger partial charge is 0.357 e. The van der Waals surface area contributed by atoms with Crippen LogP contribution in [0.2, 0.25) is 0 Å². The monoisotopic (exact) mass is 443 g/mol. The quantitative estimate of drug-likeness (QED) is 0.426. The predicted molar refractivity (Wildman–Crippen MR) is 122 cm³/mol. The molecule has 0 atom stereocenters. The molecule has 0 aliphatic carbocycles. The summed E-state index contributed by atoms with van der Waals surface area (Å²) in [6.07, 6.45) is -2.46. The molecule has 1 aliphatic heterocycles. The van der Waals surface area contributed by atoms with Crippen molar-refractivity contribution in [2.24, 2.45) is 4.99 Å². The average Bonchev–Trinajstić information content (AvgIpc) is 2.77. The third kappa shape index (κ3) is 6.91. The van der Waals surface area contributed by atoms with E-state index in [-0.39, 0.29) is 12.6 Å². The minimum atomic E-state index is -4.37. The highest BCUT2D eigenvalue weighted by atomic mass is 19.4. The van der Waals surface area contributed by atoms with Crippen LogP contribution in [0.25, 0.3) is 0 Å². The molecule has 2 aromatic rings. The summed E-state index contributed by atoms with van der Waals surface area (Å²) < 4.78 is 38.4. The van der Waals surface area contributed by atoms with Crippen molar-refractivity contribution in [3.8, 4) is 11.8 Å². The van der Waals surface area contributed by atoms with Crippen LogP contribution < -0.4 is 15.5 Å². The van der Waals surface area contributed by atoms with Crippen molar-refractivity contribution in [1.82, 2.24) is 15.6 Å². The number of anilines is 1. The third-order valence-electron chi connectivity index (χ3n) is 5.12. The topological polar surface area (TPSA) is 52.6 Å². The fraction of sp³-hybridized carbons (Fsp3) is 0.417. The number of aliphatic imine (C=N–C) groups is 1. The van der Waals surface area contributed by atoms with Crippen LogP contribution in [-0.4, -0.2) is 43.2 Å². The van der Waals surface area contributed by atoms with E-state index in [0.717, 1.165) is 49.6 Å². The first-order valence-corrected chi connectivity index (χ1v) is 10.7. The van der Waals surface area contributed by atoms with Gasteiger partial charge in [-0.25, -0.2) is 9.98 Å². The van der Waals surface area contributed by atoms with Gasteiger partial charge in [-0.2, -0.15) is 13.2 Å². The van der Waals surface area contributed by atoms with Gasteiger partial charge in [-0.15, -0.1) is 0 Å². The molecule has 5 nitrogen and oxygen atoms in total. The fourth-order valence-electron chi connectivity index (χ4n) is 3.50. The molecule has 0 amide bonds. The SMILES string of the molecule is CCNC(=NCC#Cc1cccc(C(F)(F)F)c1)NC1CCN(c2cccc(C)n2)CC1. The van der Waals surface area contributed by atoms with Gasteiger partial charge in [0.2, 0.25) is 0 Å². The highest BCUT2D eigenvalue weighted by molar-refractivity contribution is 5.80. The van der Waals surface area contributed by atoms with Crippen LogP contribution in [0, 0.1) is 18.8 Å². The molecule has 1 aromatic carbocycles. The van der Waals surface area contributed by atoms with Gasteiger partial charge >= 0.3 is 6.18 Å². The van der Waals surface area contributed by atoms with E-state index in [9.17, 15) is 13.2 Å². The van der Waals surface area contributed by atoms with Gasteiger partial charge in [0.15, 0.2) is 5.96 Å². The minimum absolute atomic E-state index is 0.192. The summed E-state index contributed by atoms with van der Waals surface area (Å²) in [5.74, 6) is 7.27. The Morgan fingerprint density at radius 1 is 1.19 bits per heavy atom. The Balaban J connectivity index is 1.54. The lowest BCUT2D eigenvalue weighted by Gasteiger charge is -2.34. The van der Waals surface area contributed by atoms with Crippen molar-refractivity contribution in [1.29, 1.82) is 0 Å². The first kappa shape index (κ1) is 23.5. The largest absolute Gasteiger partial charge is 0.416 e. The Bertz CT molecular complexity index is 983. The molecule has 32 heavy (non-hydrogen) atoms. The van der Waals surface area contributed by atoms with Gasteiger partial charge in [-0.3, -0.25) is 0 Å². The molecule has 2 N–H and O–H groups in total. The van der Waals surface area contributed by atoms with E-state index in [0.29, 0.717) is 18.1 Å². The van der Waals surface area contributed by atoms with E-state index in [2.05, 4.69) is 37.4 Å². The highest BCUT2D eigenvalue weighted by Gasteiger charge is 2.30. The summed E-state index contributed by atoms with van der Waals surface area (Å²) in [6, 6.07) is 11.4. The second-order valence-electron chi connectivity index (χ2n) is 7.62. The lowest BCUT2D eigenvalue weighted by molar-refractivity contribution is -0.137. The molecule has 2 heterocycles. The number of halogens is 3. The molecule has 0 unspecified atom stereocenters. The number of nitrogens with one attached hydrogen (secondary N) is 2. The molecule has 0 radical (unpaired) electrons. The Labute approximate surface area is 187 Å². The zero-order chi connectivity index (χ0) is 23.0. The molecule has 1 aromatic heterocycles. The molecule has 0 spiro atoms. The van der Waals surface area contributed by atoms with Gasteiger partial charge in [0, 0.05) is 36.9 Å². The van der Waals surface area contributed by atoms with Crippen LogP contribution in [0.3, 0.4) is 0 Å². The Morgan fingerprint density at radius 3 is 2.62 bits per heavy atom. The number of alkyl halides is 3. The van der Waals surface area contributed by atoms with Crippen LogP contribution in [-0.2, 0) is 6.18 Å². The van der Waals surface area contributed by atoms with Crippen LogP contribution in [0.1, 0.15) is 36.6 Å². The predicted octanol–water partition coefficient (Wildman–Crippen LogP) is 3.98. The summed E-state index contributed by atoms with van der Waals surface area (Å²) in [4.78, 5) is 11.3. The Hall–Kier alpha value is -3.21. The molecule has 1 aliphatic rings. The number of pyridine rings is 1. The average molecular weight is 444 g/mol. The molecular weight excluding hydrogens is 415 g/mol. The van der Waals surface area contributed by atoms with E-state index in [4.69, 9.17) is 0 Å². The van der Waals surface area contributed by atoms with Crippen molar-refractivity contribution in [2.45, 2.75) is 38.9 Å². The van der Waals surface area contributed by atoms with Gasteiger partial charge in [0.25, 0.3) is 0 Å². The van der Waals surface area contributed by atoms with Crippen molar-refractivity contribution in [3.63, 3.8) is 0 Å². The van der Waals surface area contributed by atoms with Crippen LogP contribution in [0.5, 0.6) is 0 Å². The molecule has 1 saturated heterocycles. The van der Waals surface area contributed by atoms with Crippen molar-refractivity contribution in [3.05, 3.63) is 59.3 Å². The number of benzene rings is 1. The van der Waals surface area contributed by atoms with Crippen molar-refractivity contribution < 1.29 is 13.2 Å². The number of nitrogens with zero attached hydrogens (tertiary/aromatic N) is 3. The zero-order valence-electron chi connectivity index (χ0n) is 18.3. The number of guanidine groups is 1. The van der Waals surface area contributed by atoms with Gasteiger partial charge in [0.05, 0.1) is 5.56 Å². The maximum absolute atomic E-state index is 12.8. The van der Waals surface area contributed by atoms with E-state index in [1.165, 1.54) is 6.07 Å². The fourth-order valence-corrected chi connectivity index (χ4v) is 3.50. The second-order valence-corrected chi connectivity index (χ2v) is 7.62. The molecular formula is C24H28F3N5. The van der Waals surface area contributed by atoms with Crippen molar-refractivity contribution in [2.75, 3.05) is 31.1 Å². The van der Waals surface area contributed by atoms with Crippen LogP contribution in [0.4, 0.5) is 19.0 Å². The summed E-state index contributed by atoms with van der Waals surface area (Å²) in [7, 11) is 0. The minimum Gasteiger partial charge on any atom is -0.357 e. The van der Waals surface area contributed by atoms with E-state index >= 15 is 0 Å². The zero-order valence-corrected chi connectivity index (χ0v) is 18.3. The highest BCUT2D eigenvalue weighted by Crippen LogP contribution is 2.29. The Morgan fingerprint density at radius 2 is 1.94 bits per heavy atom. The number of hydrogen-bond donors (Lipinski definition) is 2. The molecule has 0 bridgehead atoms. The maximum Gasteiger partial charge on any atom is 0.416 e. The van der Waals surface area contributed by atoms with Crippen LogP contribution >= 0.6 is 0 Å². The van der Waals surface area contributed by atoms with Gasteiger partial charge in [-0.05, 0) is 57.0 Å². The first-order chi connectivity index (χ1) is 15.3. The van der Waals surface area contributed by atoms with E-state index in [1.54, 1.807) is 6.07 Å². The molecule has 0 saturated carbocycles. The van der Waals surface area contributed by atoms with Gasteiger partial charge in [-0.1, -0.05) is 24.0 Å². The number of hydrogen-bond acceptors (Lipinski definition) is 3. The number of aromatic nitrogens is 1. The molecule has 1 fully saturated rings. The summed E-state index contributed by atoms with van der Waals surface area (Å²) >= 11 is 0.